The molecule has 8 heteroatoms. The Morgan fingerprint density at radius 2 is 1.79 bits per heavy atom. The maximum atomic E-state index is 13.8. The number of hydrogen-bond donors (Lipinski definition) is 0. The van der Waals surface area contributed by atoms with Crippen LogP contribution in [-0.2, 0) is 6.54 Å². The van der Waals surface area contributed by atoms with Gasteiger partial charge in [0.05, 0.1) is 23.5 Å². The van der Waals surface area contributed by atoms with Crippen LogP contribution in [0, 0.1) is 31.3 Å². The minimum atomic E-state index is -1.08. The summed E-state index contributed by atoms with van der Waals surface area (Å²) in [4.78, 5) is 11.9. The van der Waals surface area contributed by atoms with Crippen molar-refractivity contribution in [2.24, 2.45) is 0 Å². The van der Waals surface area contributed by atoms with Crippen molar-refractivity contribution >= 4 is 0 Å². The Morgan fingerprint density at radius 1 is 1.12 bits per heavy atom. The molecule has 3 aromatic rings. The second-order valence-corrected chi connectivity index (χ2v) is 5.26. The predicted molar refractivity (Wildman–Crippen MR) is 78.9 cm³/mol. The molecular weight excluding hydrogens is 323 g/mol. The normalized spacial score (nSPS) is 11.0. The van der Waals surface area contributed by atoms with Crippen molar-refractivity contribution in [1.82, 2.24) is 14.9 Å². The Hall–Kier alpha value is -2.90. The molecule has 0 saturated carbocycles. The van der Waals surface area contributed by atoms with Crippen LogP contribution in [-0.4, -0.2) is 14.9 Å². The number of nitrogens with zero attached hydrogens (tertiary/aromatic N) is 3. The van der Waals surface area contributed by atoms with Crippen molar-refractivity contribution in [2.75, 3.05) is 0 Å². The summed E-state index contributed by atoms with van der Waals surface area (Å²) in [6, 6.07) is 3.82. The van der Waals surface area contributed by atoms with Crippen LogP contribution in [0.2, 0.25) is 0 Å². The number of rotatable bonds is 3. The van der Waals surface area contributed by atoms with Crippen LogP contribution in [0.3, 0.4) is 0 Å². The summed E-state index contributed by atoms with van der Waals surface area (Å²) < 4.78 is 46.5. The highest BCUT2D eigenvalue weighted by atomic mass is 19.1. The molecule has 0 amide bonds. The van der Waals surface area contributed by atoms with Crippen LogP contribution in [0.25, 0.3) is 11.3 Å². The fraction of sp³-hybridized carbons (Fsp3) is 0.188. The summed E-state index contributed by atoms with van der Waals surface area (Å²) in [5.74, 6) is -2.68. The van der Waals surface area contributed by atoms with E-state index >= 15 is 0 Å². The first-order chi connectivity index (χ1) is 11.4. The third-order valence-electron chi connectivity index (χ3n) is 3.57. The molecular formula is C16H12F3N3O2. The summed E-state index contributed by atoms with van der Waals surface area (Å²) in [6.07, 6.45) is 0. The van der Waals surface area contributed by atoms with Gasteiger partial charge in [-0.05, 0) is 19.9 Å². The van der Waals surface area contributed by atoms with Crippen LogP contribution in [0.4, 0.5) is 13.2 Å². The molecule has 0 spiro atoms. The third-order valence-corrected chi connectivity index (χ3v) is 3.57. The average molecular weight is 335 g/mol. The van der Waals surface area contributed by atoms with Crippen molar-refractivity contribution < 1.29 is 17.7 Å². The first-order valence-corrected chi connectivity index (χ1v) is 7.01. The van der Waals surface area contributed by atoms with E-state index in [1.165, 1.54) is 12.1 Å². The van der Waals surface area contributed by atoms with E-state index in [4.69, 9.17) is 4.52 Å². The molecule has 0 bridgehead atoms. The SMILES string of the molecule is Cc1noc(C)c1-c1ccc(=O)n(Cc2c(F)cc(F)cc2F)n1. The lowest BCUT2D eigenvalue weighted by atomic mass is 10.1. The Kier molecular flexibility index (Phi) is 3.96. The lowest BCUT2D eigenvalue weighted by Crippen LogP contribution is -2.24. The molecule has 24 heavy (non-hydrogen) atoms. The molecule has 2 heterocycles. The minimum Gasteiger partial charge on any atom is -0.361 e. The Morgan fingerprint density at radius 3 is 2.38 bits per heavy atom. The molecule has 0 atom stereocenters. The zero-order chi connectivity index (χ0) is 17.4. The number of aromatic nitrogens is 3. The summed E-state index contributed by atoms with van der Waals surface area (Å²) >= 11 is 0. The van der Waals surface area contributed by atoms with E-state index in [1.807, 2.05) is 0 Å². The highest BCUT2D eigenvalue weighted by Gasteiger charge is 2.16. The van der Waals surface area contributed by atoms with Gasteiger partial charge in [-0.3, -0.25) is 4.79 Å². The Balaban J connectivity index is 2.07. The van der Waals surface area contributed by atoms with E-state index in [1.54, 1.807) is 13.8 Å². The monoisotopic (exact) mass is 335 g/mol. The fourth-order valence-corrected chi connectivity index (χ4v) is 2.42. The van der Waals surface area contributed by atoms with E-state index in [0.29, 0.717) is 34.8 Å². The van der Waals surface area contributed by atoms with Gasteiger partial charge in [0.2, 0.25) is 0 Å². The number of aryl methyl sites for hydroxylation is 2. The second-order valence-electron chi connectivity index (χ2n) is 5.26. The van der Waals surface area contributed by atoms with Crippen LogP contribution in [0.1, 0.15) is 17.0 Å². The van der Waals surface area contributed by atoms with E-state index in [0.717, 1.165) is 4.68 Å². The summed E-state index contributed by atoms with van der Waals surface area (Å²) in [7, 11) is 0. The van der Waals surface area contributed by atoms with E-state index in [9.17, 15) is 18.0 Å². The highest BCUT2D eigenvalue weighted by molar-refractivity contribution is 5.62. The molecule has 0 unspecified atom stereocenters. The number of halogens is 3. The zero-order valence-electron chi connectivity index (χ0n) is 12.8. The van der Waals surface area contributed by atoms with Crippen LogP contribution in [0.15, 0.2) is 33.6 Å². The topological polar surface area (TPSA) is 60.9 Å². The molecule has 0 aliphatic rings. The van der Waals surface area contributed by atoms with Gasteiger partial charge in [0, 0.05) is 23.8 Å². The molecule has 0 saturated heterocycles. The molecule has 3 rings (SSSR count). The van der Waals surface area contributed by atoms with Gasteiger partial charge in [0.15, 0.2) is 0 Å². The molecule has 1 aromatic carbocycles. The first kappa shape index (κ1) is 16.0. The molecule has 0 aliphatic heterocycles. The molecule has 0 aliphatic carbocycles. The fourth-order valence-electron chi connectivity index (χ4n) is 2.42. The second kappa shape index (κ2) is 5.95. The Bertz CT molecular complexity index is 936. The lowest BCUT2D eigenvalue weighted by Gasteiger charge is -2.09. The van der Waals surface area contributed by atoms with Gasteiger partial charge in [-0.25, -0.2) is 17.9 Å². The third kappa shape index (κ3) is 2.82. The van der Waals surface area contributed by atoms with E-state index in [2.05, 4.69) is 10.3 Å². The van der Waals surface area contributed by atoms with Gasteiger partial charge in [-0.2, -0.15) is 5.10 Å². The molecule has 124 valence electrons. The maximum Gasteiger partial charge on any atom is 0.267 e. The Labute approximate surface area is 134 Å². The van der Waals surface area contributed by atoms with Crippen molar-refractivity contribution in [1.29, 1.82) is 0 Å². The van der Waals surface area contributed by atoms with E-state index < -0.39 is 35.1 Å². The predicted octanol–water partition coefficient (Wildman–Crippen LogP) is 2.98. The van der Waals surface area contributed by atoms with Crippen molar-refractivity contribution in [3.8, 4) is 11.3 Å². The van der Waals surface area contributed by atoms with Gasteiger partial charge in [-0.15, -0.1) is 0 Å². The summed E-state index contributed by atoms with van der Waals surface area (Å²) in [5, 5.41) is 7.92. The lowest BCUT2D eigenvalue weighted by molar-refractivity contribution is 0.393. The molecule has 0 N–H and O–H groups in total. The number of benzene rings is 1. The van der Waals surface area contributed by atoms with Gasteiger partial charge in [0.1, 0.15) is 23.2 Å². The highest BCUT2D eigenvalue weighted by Crippen LogP contribution is 2.24. The van der Waals surface area contributed by atoms with Crippen molar-refractivity contribution in [3.05, 3.63) is 69.1 Å². The smallest absolute Gasteiger partial charge is 0.267 e. The van der Waals surface area contributed by atoms with E-state index in [-0.39, 0.29) is 0 Å². The summed E-state index contributed by atoms with van der Waals surface area (Å²) in [5.41, 5.74) is 0.567. The van der Waals surface area contributed by atoms with Crippen LogP contribution >= 0.6 is 0 Å². The van der Waals surface area contributed by atoms with Gasteiger partial charge in [0.25, 0.3) is 5.56 Å². The van der Waals surface area contributed by atoms with Crippen LogP contribution in [0.5, 0.6) is 0 Å². The van der Waals surface area contributed by atoms with Gasteiger partial charge < -0.3 is 4.52 Å². The molecule has 0 fully saturated rings. The minimum absolute atomic E-state index is 0.383. The largest absolute Gasteiger partial charge is 0.361 e. The summed E-state index contributed by atoms with van der Waals surface area (Å²) in [6.45, 7) is 2.93. The van der Waals surface area contributed by atoms with Crippen molar-refractivity contribution in [2.45, 2.75) is 20.4 Å². The molecule has 2 aromatic heterocycles. The molecule has 0 radical (unpaired) electrons. The van der Waals surface area contributed by atoms with Gasteiger partial charge >= 0.3 is 0 Å². The quantitative estimate of drug-likeness (QED) is 0.738. The van der Waals surface area contributed by atoms with Gasteiger partial charge in [-0.1, -0.05) is 5.16 Å². The average Bonchev–Trinajstić information content (AvgIpc) is 2.84. The molecule has 5 nitrogen and oxygen atoms in total. The first-order valence-electron chi connectivity index (χ1n) is 7.01. The van der Waals surface area contributed by atoms with Crippen molar-refractivity contribution in [3.63, 3.8) is 0 Å². The zero-order valence-corrected chi connectivity index (χ0v) is 12.8. The standard InChI is InChI=1S/C16H12F3N3O2/c1-8-16(9(2)24-21-8)14-3-4-15(23)22(20-14)7-11-12(18)5-10(17)6-13(11)19/h3-6H,7H2,1-2H3. The maximum absolute atomic E-state index is 13.8. The number of hydrogen-bond acceptors (Lipinski definition) is 4. The van der Waals surface area contributed by atoms with Crippen LogP contribution < -0.4 is 5.56 Å².